The van der Waals surface area contributed by atoms with E-state index in [1.165, 1.54) is 0 Å². The molecule has 0 radical (unpaired) electrons. The predicted molar refractivity (Wildman–Crippen MR) is 77.5 cm³/mol. The van der Waals surface area contributed by atoms with Gasteiger partial charge in [0.25, 0.3) is 5.91 Å². The summed E-state index contributed by atoms with van der Waals surface area (Å²) in [5, 5.41) is 3.92. The second-order valence-corrected chi connectivity index (χ2v) is 5.34. The third-order valence-electron chi connectivity index (χ3n) is 3.77. The van der Waals surface area contributed by atoms with Crippen LogP contribution in [-0.2, 0) is 11.2 Å². The molecule has 0 spiro atoms. The summed E-state index contributed by atoms with van der Waals surface area (Å²) in [6.07, 6.45) is 2.31. The Morgan fingerprint density at radius 2 is 2.32 bits per heavy atom. The molecule has 3 rings (SSSR count). The van der Waals surface area contributed by atoms with Crippen LogP contribution in [-0.4, -0.2) is 52.7 Å². The third-order valence-corrected chi connectivity index (χ3v) is 3.77. The van der Waals surface area contributed by atoms with Gasteiger partial charge in [-0.15, -0.1) is 0 Å². The van der Waals surface area contributed by atoms with Gasteiger partial charge in [0.05, 0.1) is 18.1 Å². The van der Waals surface area contributed by atoms with Gasteiger partial charge in [0.15, 0.2) is 5.82 Å². The third kappa shape index (κ3) is 2.85. The molecule has 0 atom stereocenters. The first-order valence-electron chi connectivity index (χ1n) is 7.21. The van der Waals surface area contributed by atoms with Crippen molar-refractivity contribution in [3.8, 4) is 0 Å². The molecule has 3 heterocycles. The molecular weight excluding hydrogens is 284 g/mol. The van der Waals surface area contributed by atoms with Crippen molar-refractivity contribution in [3.05, 3.63) is 41.3 Å². The number of likely N-dealkylation sites (tertiary alicyclic amines) is 1. The van der Waals surface area contributed by atoms with Gasteiger partial charge < -0.3 is 14.2 Å². The Morgan fingerprint density at radius 1 is 1.50 bits per heavy atom. The van der Waals surface area contributed by atoms with Gasteiger partial charge in [-0.2, -0.15) is 4.98 Å². The van der Waals surface area contributed by atoms with Gasteiger partial charge in [0.2, 0.25) is 5.89 Å². The van der Waals surface area contributed by atoms with E-state index in [1.807, 2.05) is 6.92 Å². The number of hydrogen-bond acceptors (Lipinski definition) is 6. The molecule has 2 aromatic heterocycles. The first kappa shape index (κ1) is 14.6. The number of nitrogens with zero attached hydrogens (tertiary/aromatic N) is 4. The number of rotatable bonds is 5. The molecule has 1 saturated heterocycles. The molecule has 22 heavy (non-hydrogen) atoms. The zero-order valence-corrected chi connectivity index (χ0v) is 12.7. The van der Waals surface area contributed by atoms with E-state index in [2.05, 4.69) is 15.1 Å². The Labute approximate surface area is 128 Å². The lowest BCUT2D eigenvalue weighted by Gasteiger charge is -2.37. The van der Waals surface area contributed by atoms with Gasteiger partial charge in [-0.25, -0.2) is 0 Å². The van der Waals surface area contributed by atoms with Crippen molar-refractivity contribution in [1.82, 2.24) is 20.0 Å². The summed E-state index contributed by atoms with van der Waals surface area (Å²) in [5.74, 6) is 1.36. The Hall–Kier alpha value is -2.28. The van der Waals surface area contributed by atoms with E-state index in [9.17, 15) is 4.79 Å². The zero-order chi connectivity index (χ0) is 15.5. The average molecular weight is 302 g/mol. The molecule has 7 heteroatoms. The minimum absolute atomic E-state index is 0.000900. The lowest BCUT2D eigenvalue weighted by molar-refractivity contribution is 0.0568. The number of carbonyl (C=O) groups excluding carboxylic acids is 1. The summed E-state index contributed by atoms with van der Waals surface area (Å²) in [6.45, 7) is 3.59. The van der Waals surface area contributed by atoms with Gasteiger partial charge in [-0.05, 0) is 19.1 Å². The summed E-state index contributed by atoms with van der Waals surface area (Å²) in [5.41, 5.74) is 1.39. The van der Waals surface area contributed by atoms with Gasteiger partial charge in [0.1, 0.15) is 0 Å². The molecule has 1 amide bonds. The summed E-state index contributed by atoms with van der Waals surface area (Å²) < 4.78 is 10.2. The number of aryl methyl sites for hydroxylation is 1. The van der Waals surface area contributed by atoms with E-state index in [1.54, 1.807) is 30.3 Å². The summed E-state index contributed by atoms with van der Waals surface area (Å²) in [4.78, 5) is 22.6. The lowest BCUT2D eigenvalue weighted by atomic mass is 9.98. The Morgan fingerprint density at radius 3 is 3.05 bits per heavy atom. The van der Waals surface area contributed by atoms with Crippen molar-refractivity contribution in [2.45, 2.75) is 19.3 Å². The maximum Gasteiger partial charge on any atom is 0.255 e. The van der Waals surface area contributed by atoms with Crippen LogP contribution < -0.4 is 0 Å². The second kappa shape index (κ2) is 6.23. The molecule has 1 aliphatic heterocycles. The number of hydrogen-bond donors (Lipinski definition) is 0. The Balaban J connectivity index is 1.59. The highest BCUT2D eigenvalue weighted by Crippen LogP contribution is 2.27. The van der Waals surface area contributed by atoms with Crippen molar-refractivity contribution in [2.24, 2.45) is 0 Å². The molecule has 0 N–H and O–H groups in total. The largest absolute Gasteiger partial charge is 0.384 e. The molecule has 2 aromatic rings. The maximum absolute atomic E-state index is 12.4. The van der Waals surface area contributed by atoms with Crippen LogP contribution in [0.5, 0.6) is 0 Å². The number of aromatic nitrogens is 3. The van der Waals surface area contributed by atoms with Crippen LogP contribution >= 0.6 is 0 Å². The molecule has 0 bridgehead atoms. The Bertz CT molecular complexity index is 664. The highest BCUT2D eigenvalue weighted by atomic mass is 16.5. The van der Waals surface area contributed by atoms with Crippen LogP contribution in [0, 0.1) is 6.92 Å². The fraction of sp³-hybridized carbons (Fsp3) is 0.467. The van der Waals surface area contributed by atoms with E-state index in [4.69, 9.17) is 9.26 Å². The molecule has 0 unspecified atom stereocenters. The van der Waals surface area contributed by atoms with E-state index < -0.39 is 0 Å². The molecule has 1 aliphatic rings. The second-order valence-electron chi connectivity index (χ2n) is 5.34. The van der Waals surface area contributed by atoms with Crippen molar-refractivity contribution in [1.29, 1.82) is 0 Å². The monoisotopic (exact) mass is 302 g/mol. The van der Waals surface area contributed by atoms with Crippen molar-refractivity contribution >= 4 is 5.91 Å². The SMILES string of the molecule is COCCc1noc(C2CN(C(=O)c3cccnc3C)C2)n1. The quantitative estimate of drug-likeness (QED) is 0.825. The molecular formula is C15H18N4O3. The smallest absolute Gasteiger partial charge is 0.255 e. The summed E-state index contributed by atoms with van der Waals surface area (Å²) >= 11 is 0. The number of pyridine rings is 1. The Kier molecular flexibility index (Phi) is 4.15. The number of methoxy groups -OCH3 is 1. The first-order chi connectivity index (χ1) is 10.7. The van der Waals surface area contributed by atoms with Crippen molar-refractivity contribution in [2.75, 3.05) is 26.8 Å². The van der Waals surface area contributed by atoms with Crippen molar-refractivity contribution in [3.63, 3.8) is 0 Å². The normalized spacial score (nSPS) is 14.9. The fourth-order valence-electron chi connectivity index (χ4n) is 2.41. The van der Waals surface area contributed by atoms with E-state index in [0.29, 0.717) is 43.4 Å². The van der Waals surface area contributed by atoms with Crippen molar-refractivity contribution < 1.29 is 14.1 Å². The number of carbonyl (C=O) groups is 1. The molecule has 116 valence electrons. The molecule has 7 nitrogen and oxygen atoms in total. The van der Waals surface area contributed by atoms with Gasteiger partial charge in [-0.3, -0.25) is 9.78 Å². The van der Waals surface area contributed by atoms with Crippen LogP contribution in [0.25, 0.3) is 0 Å². The van der Waals surface area contributed by atoms with Gasteiger partial charge >= 0.3 is 0 Å². The maximum atomic E-state index is 12.4. The van der Waals surface area contributed by atoms with Gasteiger partial charge in [-0.1, -0.05) is 5.16 Å². The minimum atomic E-state index is 0.000900. The van der Waals surface area contributed by atoms with E-state index in [-0.39, 0.29) is 11.8 Å². The average Bonchev–Trinajstić information content (AvgIpc) is 2.92. The standard InChI is InChI=1S/C15H18N4O3/c1-10-12(4-3-6-16-10)15(20)19-8-11(9-19)14-17-13(18-22-14)5-7-21-2/h3-4,6,11H,5,7-9H2,1-2H3. The molecule has 0 aliphatic carbocycles. The highest BCUT2D eigenvalue weighted by Gasteiger charge is 2.36. The summed E-state index contributed by atoms with van der Waals surface area (Å²) in [7, 11) is 1.64. The van der Waals surface area contributed by atoms with Gasteiger partial charge in [0, 0.05) is 38.5 Å². The van der Waals surface area contributed by atoms with E-state index >= 15 is 0 Å². The molecule has 0 saturated carbocycles. The highest BCUT2D eigenvalue weighted by molar-refractivity contribution is 5.95. The van der Waals surface area contributed by atoms with Crippen LogP contribution in [0.3, 0.4) is 0 Å². The van der Waals surface area contributed by atoms with E-state index in [0.717, 1.165) is 5.69 Å². The van der Waals surface area contributed by atoms with Crippen LogP contribution in [0.15, 0.2) is 22.9 Å². The molecule has 1 fully saturated rings. The fourth-order valence-corrected chi connectivity index (χ4v) is 2.41. The predicted octanol–water partition coefficient (Wildman–Crippen LogP) is 1.20. The van der Waals surface area contributed by atoms with Crippen LogP contribution in [0.2, 0.25) is 0 Å². The summed E-state index contributed by atoms with van der Waals surface area (Å²) in [6, 6.07) is 3.57. The first-order valence-corrected chi connectivity index (χ1v) is 7.21. The number of ether oxygens (including phenoxy) is 1. The van der Waals surface area contributed by atoms with Crippen LogP contribution in [0.4, 0.5) is 0 Å². The lowest BCUT2D eigenvalue weighted by Crippen LogP contribution is -2.48. The van der Waals surface area contributed by atoms with Crippen LogP contribution in [0.1, 0.15) is 33.7 Å². The number of amides is 1. The zero-order valence-electron chi connectivity index (χ0n) is 12.7. The molecule has 0 aromatic carbocycles. The topological polar surface area (TPSA) is 81.4 Å². The minimum Gasteiger partial charge on any atom is -0.384 e.